The fourth-order valence-electron chi connectivity index (χ4n) is 2.26. The molecule has 1 aromatic rings. The van der Waals surface area contributed by atoms with E-state index in [2.05, 4.69) is 19.2 Å². The molecular weight excluding hydrogens is 242 g/mol. The summed E-state index contributed by atoms with van der Waals surface area (Å²) in [5, 5.41) is 3.54. The summed E-state index contributed by atoms with van der Waals surface area (Å²) in [4.78, 5) is 0. The van der Waals surface area contributed by atoms with Crippen LogP contribution in [0.15, 0.2) is 18.2 Å². The third-order valence-electron chi connectivity index (χ3n) is 3.60. The van der Waals surface area contributed by atoms with E-state index in [0.29, 0.717) is 0 Å². The van der Waals surface area contributed by atoms with Gasteiger partial charge >= 0.3 is 0 Å². The van der Waals surface area contributed by atoms with Gasteiger partial charge in [-0.15, -0.1) is 0 Å². The minimum atomic E-state index is -0.00757. The molecule has 0 bridgehead atoms. The Bertz CT molecular complexity index is 431. The quantitative estimate of drug-likeness (QED) is 0.911. The van der Waals surface area contributed by atoms with Crippen molar-refractivity contribution in [1.29, 1.82) is 0 Å². The molecule has 0 radical (unpaired) electrons. The van der Waals surface area contributed by atoms with Gasteiger partial charge in [-0.2, -0.15) is 0 Å². The fraction of sp³-hybridized carbons (Fsp3) is 0.600. The van der Waals surface area contributed by atoms with Crippen LogP contribution in [0, 0.1) is 0 Å². The number of ether oxygens (including phenoxy) is 3. The Labute approximate surface area is 115 Å². The van der Waals surface area contributed by atoms with Crippen LogP contribution in [0.25, 0.3) is 0 Å². The van der Waals surface area contributed by atoms with Crippen LogP contribution in [0.3, 0.4) is 0 Å². The molecule has 1 aliphatic rings. The molecule has 2 rings (SSSR count). The third-order valence-corrected chi connectivity index (χ3v) is 3.60. The standard InChI is InChI=1S/C15H23NO3/c1-15(2)7-8-19-14(10-16-15)12-9-11(17-3)5-6-13(12)18-4/h5-6,9,14,16H,7-8,10H2,1-4H3. The van der Waals surface area contributed by atoms with Gasteiger partial charge in [0.1, 0.15) is 11.5 Å². The van der Waals surface area contributed by atoms with Gasteiger partial charge in [-0.25, -0.2) is 0 Å². The molecule has 1 aliphatic heterocycles. The first-order valence-electron chi connectivity index (χ1n) is 6.64. The summed E-state index contributed by atoms with van der Waals surface area (Å²) in [6.07, 6.45) is 0.988. The molecule has 1 aromatic carbocycles. The zero-order chi connectivity index (χ0) is 13.9. The van der Waals surface area contributed by atoms with Crippen molar-refractivity contribution in [3.05, 3.63) is 23.8 Å². The minimum absolute atomic E-state index is 0.00757. The van der Waals surface area contributed by atoms with Crippen molar-refractivity contribution in [3.63, 3.8) is 0 Å². The lowest BCUT2D eigenvalue weighted by Gasteiger charge is -2.23. The SMILES string of the molecule is COc1ccc(OC)c(C2CNC(C)(C)CCO2)c1. The van der Waals surface area contributed by atoms with Gasteiger partial charge in [0.2, 0.25) is 0 Å². The maximum atomic E-state index is 5.97. The molecule has 4 nitrogen and oxygen atoms in total. The molecule has 0 aliphatic carbocycles. The van der Waals surface area contributed by atoms with Crippen LogP contribution in [0.5, 0.6) is 11.5 Å². The van der Waals surface area contributed by atoms with Gasteiger partial charge in [-0.3, -0.25) is 0 Å². The summed E-state index contributed by atoms with van der Waals surface area (Å²) in [6, 6.07) is 5.81. The van der Waals surface area contributed by atoms with Crippen LogP contribution >= 0.6 is 0 Å². The predicted octanol–water partition coefficient (Wildman–Crippen LogP) is 2.53. The Balaban J connectivity index is 2.24. The first-order chi connectivity index (χ1) is 9.05. The van der Waals surface area contributed by atoms with E-state index in [4.69, 9.17) is 14.2 Å². The van der Waals surface area contributed by atoms with E-state index in [-0.39, 0.29) is 11.6 Å². The fourth-order valence-corrected chi connectivity index (χ4v) is 2.26. The molecule has 1 saturated heterocycles. The number of nitrogens with one attached hydrogen (secondary N) is 1. The maximum Gasteiger partial charge on any atom is 0.124 e. The Hall–Kier alpha value is -1.26. The lowest BCUT2D eigenvalue weighted by Crippen LogP contribution is -2.39. The summed E-state index contributed by atoms with van der Waals surface area (Å²) in [6.45, 7) is 5.91. The first kappa shape index (κ1) is 14.2. The van der Waals surface area contributed by atoms with Crippen molar-refractivity contribution >= 4 is 0 Å². The highest BCUT2D eigenvalue weighted by Gasteiger charge is 2.26. The normalized spacial score (nSPS) is 22.6. The summed E-state index contributed by atoms with van der Waals surface area (Å²) >= 11 is 0. The largest absolute Gasteiger partial charge is 0.497 e. The van der Waals surface area contributed by atoms with E-state index in [0.717, 1.165) is 36.6 Å². The molecule has 4 heteroatoms. The van der Waals surface area contributed by atoms with E-state index in [1.807, 2.05) is 18.2 Å². The summed E-state index contributed by atoms with van der Waals surface area (Å²) in [5.74, 6) is 1.66. The average Bonchev–Trinajstić information content (AvgIpc) is 2.59. The van der Waals surface area contributed by atoms with Crippen molar-refractivity contribution in [2.45, 2.75) is 31.9 Å². The zero-order valence-corrected chi connectivity index (χ0v) is 12.2. The Morgan fingerprint density at radius 3 is 2.74 bits per heavy atom. The van der Waals surface area contributed by atoms with Gasteiger partial charge in [0, 0.05) is 24.3 Å². The Morgan fingerprint density at radius 2 is 2.05 bits per heavy atom. The van der Waals surface area contributed by atoms with Crippen LogP contribution in [-0.2, 0) is 4.74 Å². The molecule has 0 aromatic heterocycles. The molecule has 1 heterocycles. The van der Waals surface area contributed by atoms with E-state index in [1.54, 1.807) is 14.2 Å². The number of hydrogen-bond acceptors (Lipinski definition) is 4. The van der Waals surface area contributed by atoms with E-state index >= 15 is 0 Å². The molecule has 0 amide bonds. The van der Waals surface area contributed by atoms with Crippen molar-refractivity contribution in [3.8, 4) is 11.5 Å². The van der Waals surface area contributed by atoms with Crippen molar-refractivity contribution < 1.29 is 14.2 Å². The highest BCUT2D eigenvalue weighted by atomic mass is 16.5. The van der Waals surface area contributed by atoms with Crippen molar-refractivity contribution in [1.82, 2.24) is 5.32 Å². The Kier molecular flexibility index (Phi) is 4.32. The van der Waals surface area contributed by atoms with Crippen molar-refractivity contribution in [2.24, 2.45) is 0 Å². The van der Waals surface area contributed by atoms with Crippen molar-refractivity contribution in [2.75, 3.05) is 27.4 Å². The third kappa shape index (κ3) is 3.39. The molecule has 0 saturated carbocycles. The second-order valence-corrected chi connectivity index (χ2v) is 5.48. The van der Waals surface area contributed by atoms with Gasteiger partial charge in [0.25, 0.3) is 0 Å². The van der Waals surface area contributed by atoms with Crippen LogP contribution in [0.2, 0.25) is 0 Å². The van der Waals surface area contributed by atoms with Gasteiger partial charge in [0.05, 0.1) is 20.3 Å². The number of benzene rings is 1. The van der Waals surface area contributed by atoms with Gasteiger partial charge in [-0.05, 0) is 38.5 Å². The molecular formula is C15H23NO3. The molecule has 1 fully saturated rings. The maximum absolute atomic E-state index is 5.97. The second-order valence-electron chi connectivity index (χ2n) is 5.48. The smallest absolute Gasteiger partial charge is 0.124 e. The summed E-state index contributed by atoms with van der Waals surface area (Å²) in [5.41, 5.74) is 1.15. The number of rotatable bonds is 3. The summed E-state index contributed by atoms with van der Waals surface area (Å²) < 4.78 is 16.7. The van der Waals surface area contributed by atoms with Crippen LogP contribution in [0.4, 0.5) is 0 Å². The lowest BCUT2D eigenvalue weighted by molar-refractivity contribution is 0.0637. The van der Waals surface area contributed by atoms with Gasteiger partial charge in [0.15, 0.2) is 0 Å². The monoisotopic (exact) mass is 265 g/mol. The molecule has 1 N–H and O–H groups in total. The van der Waals surface area contributed by atoms with E-state index in [1.165, 1.54) is 0 Å². The molecule has 106 valence electrons. The first-order valence-corrected chi connectivity index (χ1v) is 6.64. The molecule has 1 unspecified atom stereocenters. The minimum Gasteiger partial charge on any atom is -0.497 e. The van der Waals surface area contributed by atoms with Crippen LogP contribution in [0.1, 0.15) is 31.9 Å². The molecule has 1 atom stereocenters. The number of methoxy groups -OCH3 is 2. The van der Waals surface area contributed by atoms with E-state index in [9.17, 15) is 0 Å². The second kappa shape index (κ2) is 5.80. The highest BCUT2D eigenvalue weighted by molar-refractivity contribution is 5.42. The topological polar surface area (TPSA) is 39.7 Å². The Morgan fingerprint density at radius 1 is 1.26 bits per heavy atom. The van der Waals surface area contributed by atoms with E-state index < -0.39 is 0 Å². The van der Waals surface area contributed by atoms with Crippen LogP contribution in [-0.4, -0.2) is 32.9 Å². The summed E-state index contributed by atoms with van der Waals surface area (Å²) in [7, 11) is 3.35. The van der Waals surface area contributed by atoms with Gasteiger partial charge in [-0.1, -0.05) is 0 Å². The van der Waals surface area contributed by atoms with Gasteiger partial charge < -0.3 is 19.5 Å². The molecule has 19 heavy (non-hydrogen) atoms. The number of hydrogen-bond donors (Lipinski definition) is 1. The van der Waals surface area contributed by atoms with Crippen LogP contribution < -0.4 is 14.8 Å². The highest BCUT2D eigenvalue weighted by Crippen LogP contribution is 2.32. The lowest BCUT2D eigenvalue weighted by atomic mass is 10.0. The molecule has 0 spiro atoms. The zero-order valence-electron chi connectivity index (χ0n) is 12.2. The predicted molar refractivity (Wildman–Crippen MR) is 74.9 cm³/mol. The average molecular weight is 265 g/mol.